The normalized spacial score (nSPS) is 10.5. The summed E-state index contributed by atoms with van der Waals surface area (Å²) in [5.41, 5.74) is -0.361. The Morgan fingerprint density at radius 3 is 2.58 bits per heavy atom. The van der Waals surface area contributed by atoms with Crippen LogP contribution in [-0.2, 0) is 16.0 Å². The number of carbonyl (C=O) groups is 3. The largest absolute Gasteiger partial charge is 0.454 e. The fourth-order valence-corrected chi connectivity index (χ4v) is 3.14. The number of thiophene rings is 1. The molecule has 1 aromatic carbocycles. The fraction of sp³-hybridized carbons (Fsp3) is 0.235. The fourth-order valence-electron chi connectivity index (χ4n) is 1.98. The summed E-state index contributed by atoms with van der Waals surface area (Å²) in [5.74, 6) is -4.03. The number of carbonyl (C=O) groups excluding carboxylic acids is 3. The molecule has 1 aromatic heterocycles. The van der Waals surface area contributed by atoms with E-state index in [1.807, 2.05) is 0 Å². The molecule has 0 aliphatic rings. The van der Waals surface area contributed by atoms with Crippen molar-refractivity contribution in [2.45, 2.75) is 13.3 Å². The molecule has 0 aliphatic carbocycles. The maximum absolute atomic E-state index is 13.2. The van der Waals surface area contributed by atoms with E-state index in [9.17, 15) is 23.2 Å². The van der Waals surface area contributed by atoms with Gasteiger partial charge in [-0.15, -0.1) is 11.3 Å². The van der Waals surface area contributed by atoms with Crippen molar-refractivity contribution in [1.29, 1.82) is 0 Å². The number of rotatable bonds is 7. The zero-order valence-electron chi connectivity index (χ0n) is 13.6. The van der Waals surface area contributed by atoms with E-state index in [0.717, 1.165) is 4.88 Å². The Kier molecular flexibility index (Phi) is 6.82. The van der Waals surface area contributed by atoms with E-state index < -0.39 is 30.0 Å². The highest BCUT2D eigenvalue weighted by Gasteiger charge is 2.18. The molecule has 1 heterocycles. The summed E-state index contributed by atoms with van der Waals surface area (Å²) < 4.78 is 31.0. The molecule has 0 atom stereocenters. The van der Waals surface area contributed by atoms with Gasteiger partial charge in [-0.3, -0.25) is 9.59 Å². The topological polar surface area (TPSA) is 72.5 Å². The third-order valence-electron chi connectivity index (χ3n) is 3.25. The second-order valence-electron chi connectivity index (χ2n) is 5.24. The second kappa shape index (κ2) is 8.86. The number of benzene rings is 1. The summed E-state index contributed by atoms with van der Waals surface area (Å²) in [4.78, 5) is 36.0. The van der Waals surface area contributed by atoms with Crippen LogP contribution in [0.25, 0.3) is 0 Å². The minimum Gasteiger partial charge on any atom is -0.454 e. The number of esters is 1. The average molecular weight is 402 g/mol. The Morgan fingerprint density at radius 1 is 1.19 bits per heavy atom. The van der Waals surface area contributed by atoms with Gasteiger partial charge in [-0.2, -0.15) is 0 Å². The summed E-state index contributed by atoms with van der Waals surface area (Å²) >= 11 is 6.90. The highest BCUT2D eigenvalue weighted by atomic mass is 35.5. The molecule has 1 amide bonds. The molecule has 0 unspecified atom stereocenters. The zero-order chi connectivity index (χ0) is 19.3. The number of Topliss-reactive ketones (excluding diaryl/α,β-unsaturated/α-hetero) is 1. The standard InChI is InChI=1S/C17H14ClF2NO4S/c1-9(22)21-5-4-10-2-3-16(26-10)15(23)8-25-17(24)11-6-13(19)14(20)7-12(11)18/h2-3,6-7H,4-5,8H2,1H3,(H,21,22). The van der Waals surface area contributed by atoms with Crippen LogP contribution < -0.4 is 5.32 Å². The van der Waals surface area contributed by atoms with Gasteiger partial charge in [0.25, 0.3) is 0 Å². The summed E-state index contributed by atoms with van der Waals surface area (Å²) in [6.07, 6.45) is 0.571. The van der Waals surface area contributed by atoms with Gasteiger partial charge in [-0.25, -0.2) is 13.6 Å². The number of hydrogen-bond acceptors (Lipinski definition) is 5. The Hall–Kier alpha value is -2.32. The van der Waals surface area contributed by atoms with Crippen molar-refractivity contribution in [3.63, 3.8) is 0 Å². The highest BCUT2D eigenvalue weighted by molar-refractivity contribution is 7.14. The van der Waals surface area contributed by atoms with Crippen molar-refractivity contribution < 1.29 is 27.9 Å². The number of hydrogen-bond donors (Lipinski definition) is 1. The third-order valence-corrected chi connectivity index (χ3v) is 4.74. The number of nitrogens with one attached hydrogen (secondary N) is 1. The lowest BCUT2D eigenvalue weighted by molar-refractivity contribution is -0.118. The molecular weight excluding hydrogens is 388 g/mol. The van der Waals surface area contributed by atoms with E-state index in [1.165, 1.54) is 18.3 Å². The molecule has 0 spiro atoms. The minimum atomic E-state index is -1.24. The Bertz CT molecular complexity index is 853. The van der Waals surface area contributed by atoms with Gasteiger partial charge in [0.05, 0.1) is 15.5 Å². The number of halogens is 3. The van der Waals surface area contributed by atoms with Crippen molar-refractivity contribution >= 4 is 40.6 Å². The lowest BCUT2D eigenvalue weighted by atomic mass is 10.2. The summed E-state index contributed by atoms with van der Waals surface area (Å²) in [6.45, 7) is 1.31. The lowest BCUT2D eigenvalue weighted by Crippen LogP contribution is -2.22. The van der Waals surface area contributed by atoms with Crippen LogP contribution >= 0.6 is 22.9 Å². The number of ketones is 1. The van der Waals surface area contributed by atoms with Crippen LogP contribution in [0, 0.1) is 11.6 Å². The van der Waals surface area contributed by atoms with Gasteiger partial charge in [-0.05, 0) is 30.7 Å². The lowest BCUT2D eigenvalue weighted by Gasteiger charge is -2.06. The van der Waals surface area contributed by atoms with E-state index >= 15 is 0 Å². The van der Waals surface area contributed by atoms with E-state index in [1.54, 1.807) is 12.1 Å². The van der Waals surface area contributed by atoms with E-state index in [2.05, 4.69) is 5.32 Å². The second-order valence-corrected chi connectivity index (χ2v) is 6.82. The van der Waals surface area contributed by atoms with Gasteiger partial charge in [0, 0.05) is 18.3 Å². The summed E-state index contributed by atoms with van der Waals surface area (Å²) in [6, 6.07) is 4.62. The maximum atomic E-state index is 13.2. The Balaban J connectivity index is 1.92. The third kappa shape index (κ3) is 5.34. The molecule has 1 N–H and O–H groups in total. The Labute approximate surface area is 156 Å². The van der Waals surface area contributed by atoms with Crippen molar-refractivity contribution in [3.05, 3.63) is 56.2 Å². The van der Waals surface area contributed by atoms with Gasteiger partial charge in [0.2, 0.25) is 11.7 Å². The smallest absolute Gasteiger partial charge is 0.340 e. The molecular formula is C17H14ClF2NO4S. The first-order valence-corrected chi connectivity index (χ1v) is 8.65. The summed E-state index contributed by atoms with van der Waals surface area (Å²) in [5, 5.41) is 2.34. The molecule has 0 saturated carbocycles. The SMILES string of the molecule is CC(=O)NCCc1ccc(C(=O)COC(=O)c2cc(F)c(F)cc2Cl)s1. The van der Waals surface area contributed by atoms with Crippen LogP contribution in [0.3, 0.4) is 0 Å². The first kappa shape index (κ1) is 20.0. The maximum Gasteiger partial charge on any atom is 0.340 e. The molecule has 26 heavy (non-hydrogen) atoms. The number of amides is 1. The van der Waals surface area contributed by atoms with Crippen LogP contribution in [0.5, 0.6) is 0 Å². The van der Waals surface area contributed by atoms with Gasteiger partial charge >= 0.3 is 5.97 Å². The van der Waals surface area contributed by atoms with Crippen molar-refractivity contribution in [3.8, 4) is 0 Å². The van der Waals surface area contributed by atoms with Gasteiger partial charge in [-0.1, -0.05) is 11.6 Å². The van der Waals surface area contributed by atoms with Crippen molar-refractivity contribution in [1.82, 2.24) is 5.32 Å². The molecule has 0 radical (unpaired) electrons. The monoisotopic (exact) mass is 401 g/mol. The molecule has 0 fully saturated rings. The predicted molar refractivity (Wildman–Crippen MR) is 92.7 cm³/mol. The highest BCUT2D eigenvalue weighted by Crippen LogP contribution is 2.21. The average Bonchev–Trinajstić information content (AvgIpc) is 3.04. The molecule has 9 heteroatoms. The van der Waals surface area contributed by atoms with Crippen LogP contribution in [0.2, 0.25) is 5.02 Å². The first-order chi connectivity index (χ1) is 12.3. The van der Waals surface area contributed by atoms with Crippen LogP contribution in [0.4, 0.5) is 8.78 Å². The molecule has 0 bridgehead atoms. The summed E-state index contributed by atoms with van der Waals surface area (Å²) in [7, 11) is 0. The molecule has 138 valence electrons. The molecule has 2 rings (SSSR count). The molecule has 0 saturated heterocycles. The van der Waals surface area contributed by atoms with Crippen molar-refractivity contribution in [2.24, 2.45) is 0 Å². The van der Waals surface area contributed by atoms with E-state index in [4.69, 9.17) is 16.3 Å². The van der Waals surface area contributed by atoms with E-state index in [-0.39, 0.29) is 16.5 Å². The van der Waals surface area contributed by atoms with Gasteiger partial charge in [0.15, 0.2) is 18.2 Å². The first-order valence-electron chi connectivity index (χ1n) is 7.46. The quantitative estimate of drug-likeness (QED) is 0.438. The zero-order valence-corrected chi connectivity index (χ0v) is 15.2. The van der Waals surface area contributed by atoms with E-state index in [0.29, 0.717) is 30.0 Å². The number of ether oxygens (including phenoxy) is 1. The van der Waals surface area contributed by atoms with Gasteiger partial charge in [0.1, 0.15) is 0 Å². The van der Waals surface area contributed by atoms with Crippen molar-refractivity contribution in [2.75, 3.05) is 13.2 Å². The van der Waals surface area contributed by atoms with Gasteiger partial charge < -0.3 is 10.1 Å². The molecule has 2 aromatic rings. The molecule has 0 aliphatic heterocycles. The Morgan fingerprint density at radius 2 is 1.88 bits per heavy atom. The van der Waals surface area contributed by atoms with Crippen LogP contribution in [0.15, 0.2) is 24.3 Å². The minimum absolute atomic E-state index is 0.138. The predicted octanol–water partition coefficient (Wildman–Crippen LogP) is 3.40. The molecule has 5 nitrogen and oxygen atoms in total. The van der Waals surface area contributed by atoms with Crippen LogP contribution in [-0.4, -0.2) is 30.8 Å². The van der Waals surface area contributed by atoms with Crippen LogP contribution in [0.1, 0.15) is 31.8 Å².